The number of hydrogen-bond donors (Lipinski definition) is 1. The summed E-state index contributed by atoms with van der Waals surface area (Å²) in [4.78, 5) is 25.8. The first-order valence-electron chi connectivity index (χ1n) is 7.56. The first-order chi connectivity index (χ1) is 11.5. The normalized spacial score (nSPS) is 16.1. The second-order valence-corrected chi connectivity index (χ2v) is 5.66. The van der Waals surface area contributed by atoms with E-state index in [1.54, 1.807) is 43.3 Å². The Balaban J connectivity index is 1.81. The Morgan fingerprint density at radius 1 is 1.25 bits per heavy atom. The summed E-state index contributed by atoms with van der Waals surface area (Å²) in [6.45, 7) is 3.19. The molecule has 2 aromatic rings. The highest BCUT2D eigenvalue weighted by molar-refractivity contribution is 5.99. The van der Waals surface area contributed by atoms with Gasteiger partial charge in [-0.25, -0.2) is 4.39 Å². The van der Waals surface area contributed by atoms with Gasteiger partial charge in [0.2, 0.25) is 5.91 Å². The molecule has 0 aliphatic carbocycles. The quantitative estimate of drug-likeness (QED) is 0.922. The minimum atomic E-state index is -0.867. The number of carbonyl (C=O) groups excluding carboxylic acids is 2. The van der Waals surface area contributed by atoms with Crippen LogP contribution in [0.15, 0.2) is 42.5 Å². The maximum atomic E-state index is 13.6. The van der Waals surface area contributed by atoms with Gasteiger partial charge in [-0.15, -0.1) is 0 Å². The van der Waals surface area contributed by atoms with Crippen LogP contribution in [0.1, 0.15) is 12.5 Å². The molecule has 0 bridgehead atoms. The number of halogens is 1. The summed E-state index contributed by atoms with van der Waals surface area (Å²) < 4.78 is 19.3. The van der Waals surface area contributed by atoms with Crippen LogP contribution in [0.3, 0.4) is 0 Å². The van der Waals surface area contributed by atoms with Crippen LogP contribution in [0.5, 0.6) is 5.75 Å². The third kappa shape index (κ3) is 3.08. The highest BCUT2D eigenvalue weighted by Gasteiger charge is 2.32. The van der Waals surface area contributed by atoms with Crippen LogP contribution in [0.25, 0.3) is 0 Å². The van der Waals surface area contributed by atoms with Crippen molar-refractivity contribution in [3.8, 4) is 5.75 Å². The van der Waals surface area contributed by atoms with Crippen molar-refractivity contribution < 1.29 is 18.7 Å². The molecule has 24 heavy (non-hydrogen) atoms. The molecule has 1 atom stereocenters. The highest BCUT2D eigenvalue weighted by Crippen LogP contribution is 2.33. The van der Waals surface area contributed by atoms with E-state index in [0.29, 0.717) is 22.7 Å². The zero-order valence-electron chi connectivity index (χ0n) is 13.4. The molecule has 2 amide bonds. The number of nitrogens with one attached hydrogen (secondary N) is 1. The number of hydrogen-bond acceptors (Lipinski definition) is 3. The van der Waals surface area contributed by atoms with Gasteiger partial charge in [-0.3, -0.25) is 9.59 Å². The fraction of sp³-hybridized carbons (Fsp3) is 0.222. The summed E-state index contributed by atoms with van der Waals surface area (Å²) in [5, 5.41) is 2.63. The van der Waals surface area contributed by atoms with E-state index in [0.717, 1.165) is 0 Å². The summed E-state index contributed by atoms with van der Waals surface area (Å²) in [5.74, 6) is -0.536. The number of carbonyl (C=O) groups is 2. The molecule has 1 heterocycles. The van der Waals surface area contributed by atoms with E-state index < -0.39 is 17.8 Å². The van der Waals surface area contributed by atoms with Crippen molar-refractivity contribution >= 4 is 23.2 Å². The molecule has 3 rings (SSSR count). The van der Waals surface area contributed by atoms with Gasteiger partial charge in [0.25, 0.3) is 5.91 Å². The fourth-order valence-electron chi connectivity index (χ4n) is 2.56. The molecule has 0 unspecified atom stereocenters. The lowest BCUT2D eigenvalue weighted by atomic mass is 10.1. The van der Waals surface area contributed by atoms with Crippen LogP contribution in [-0.2, 0) is 9.59 Å². The van der Waals surface area contributed by atoms with E-state index in [2.05, 4.69) is 5.32 Å². The monoisotopic (exact) mass is 328 g/mol. The first-order valence-corrected chi connectivity index (χ1v) is 7.56. The Morgan fingerprint density at radius 2 is 2.00 bits per heavy atom. The summed E-state index contributed by atoms with van der Waals surface area (Å²) in [5.41, 5.74) is 1.48. The molecule has 2 aromatic carbocycles. The summed E-state index contributed by atoms with van der Waals surface area (Å²) >= 11 is 0. The lowest BCUT2D eigenvalue weighted by Crippen LogP contribution is -2.48. The number of rotatable bonds is 2. The smallest absolute Gasteiger partial charge is 0.267 e. The summed E-state index contributed by atoms with van der Waals surface area (Å²) in [6.07, 6.45) is -0.867. The molecule has 6 heteroatoms. The molecule has 5 nitrogen and oxygen atoms in total. The van der Waals surface area contributed by atoms with E-state index in [1.165, 1.54) is 17.9 Å². The Bertz CT molecular complexity index is 807. The topological polar surface area (TPSA) is 58.6 Å². The van der Waals surface area contributed by atoms with Gasteiger partial charge in [0.15, 0.2) is 6.10 Å². The third-order valence-electron chi connectivity index (χ3n) is 3.89. The minimum Gasteiger partial charge on any atom is -0.476 e. The van der Waals surface area contributed by atoms with Crippen LogP contribution in [0, 0.1) is 12.7 Å². The molecular weight excluding hydrogens is 311 g/mol. The summed E-state index contributed by atoms with van der Waals surface area (Å²) in [7, 11) is 0. The van der Waals surface area contributed by atoms with Crippen LogP contribution in [0.2, 0.25) is 0 Å². The maximum absolute atomic E-state index is 13.6. The largest absolute Gasteiger partial charge is 0.476 e. The van der Waals surface area contributed by atoms with E-state index in [1.807, 2.05) is 0 Å². The Kier molecular flexibility index (Phi) is 4.20. The Hall–Kier alpha value is -2.89. The number of para-hydroxylation sites is 2. The van der Waals surface area contributed by atoms with Crippen molar-refractivity contribution in [1.82, 2.24) is 0 Å². The maximum Gasteiger partial charge on any atom is 0.267 e. The predicted molar refractivity (Wildman–Crippen MR) is 88.7 cm³/mol. The fourth-order valence-corrected chi connectivity index (χ4v) is 2.56. The zero-order valence-corrected chi connectivity index (χ0v) is 13.4. The van der Waals surface area contributed by atoms with Crippen molar-refractivity contribution in [2.75, 3.05) is 16.8 Å². The van der Waals surface area contributed by atoms with Crippen molar-refractivity contribution in [1.29, 1.82) is 0 Å². The number of anilines is 2. The van der Waals surface area contributed by atoms with Gasteiger partial charge < -0.3 is 15.0 Å². The van der Waals surface area contributed by atoms with Gasteiger partial charge in [-0.05, 0) is 36.8 Å². The Morgan fingerprint density at radius 3 is 2.71 bits per heavy atom. The molecule has 0 spiro atoms. The molecular formula is C18H17FN2O3. The predicted octanol–water partition coefficient (Wildman–Crippen LogP) is 2.89. The van der Waals surface area contributed by atoms with Gasteiger partial charge in [0, 0.05) is 12.6 Å². The van der Waals surface area contributed by atoms with Crippen LogP contribution in [-0.4, -0.2) is 24.5 Å². The molecule has 1 aliphatic rings. The highest BCUT2D eigenvalue weighted by atomic mass is 19.1. The second kappa shape index (κ2) is 6.31. The third-order valence-corrected chi connectivity index (χ3v) is 3.89. The van der Waals surface area contributed by atoms with Gasteiger partial charge in [-0.1, -0.05) is 18.2 Å². The van der Waals surface area contributed by atoms with Crippen molar-refractivity contribution in [2.45, 2.75) is 20.0 Å². The van der Waals surface area contributed by atoms with E-state index in [-0.39, 0.29) is 12.5 Å². The van der Waals surface area contributed by atoms with E-state index in [9.17, 15) is 14.0 Å². The zero-order chi connectivity index (χ0) is 17.3. The van der Waals surface area contributed by atoms with Crippen LogP contribution in [0.4, 0.5) is 15.8 Å². The van der Waals surface area contributed by atoms with Crippen LogP contribution >= 0.6 is 0 Å². The molecule has 0 aromatic heterocycles. The molecule has 0 fully saturated rings. The lowest BCUT2D eigenvalue weighted by Gasteiger charge is -2.33. The van der Waals surface area contributed by atoms with E-state index >= 15 is 0 Å². The molecule has 0 saturated heterocycles. The van der Waals surface area contributed by atoms with Gasteiger partial charge in [-0.2, -0.15) is 0 Å². The van der Waals surface area contributed by atoms with Gasteiger partial charge in [0.05, 0.1) is 12.2 Å². The summed E-state index contributed by atoms with van der Waals surface area (Å²) in [6, 6.07) is 11.5. The van der Waals surface area contributed by atoms with Crippen LogP contribution < -0.4 is 15.0 Å². The lowest BCUT2D eigenvalue weighted by molar-refractivity contribution is -0.123. The molecule has 0 radical (unpaired) electrons. The van der Waals surface area contributed by atoms with Crippen molar-refractivity contribution in [3.63, 3.8) is 0 Å². The molecule has 124 valence electrons. The average Bonchev–Trinajstić information content (AvgIpc) is 2.57. The number of ether oxygens (including phenoxy) is 1. The van der Waals surface area contributed by atoms with E-state index in [4.69, 9.17) is 4.74 Å². The molecule has 1 N–H and O–H groups in total. The minimum absolute atomic E-state index is 0.104. The first kappa shape index (κ1) is 16.0. The molecule has 1 aliphatic heterocycles. The SMILES string of the molecule is CC(=O)N1C[C@H](C(=O)Nc2ccc(C)c(F)c2)Oc2ccccc21. The number of aryl methyl sites for hydroxylation is 1. The van der Waals surface area contributed by atoms with Gasteiger partial charge >= 0.3 is 0 Å². The standard InChI is InChI=1S/C18H17FN2O3/c1-11-7-8-13(9-14(11)19)20-18(23)17-10-21(12(2)22)15-5-3-4-6-16(15)24-17/h3-9,17H,10H2,1-2H3,(H,20,23)/t17-/m1/s1. The number of nitrogens with zero attached hydrogens (tertiary/aromatic N) is 1. The Labute approximate surface area is 139 Å². The van der Waals surface area contributed by atoms with Gasteiger partial charge in [0.1, 0.15) is 11.6 Å². The average molecular weight is 328 g/mol. The number of benzene rings is 2. The second-order valence-electron chi connectivity index (χ2n) is 5.66. The number of fused-ring (bicyclic) bond motifs is 1. The number of amides is 2. The van der Waals surface area contributed by atoms with Crippen molar-refractivity contribution in [2.24, 2.45) is 0 Å². The molecule has 0 saturated carbocycles. The van der Waals surface area contributed by atoms with Crippen molar-refractivity contribution in [3.05, 3.63) is 53.8 Å².